The molecule has 0 aromatic heterocycles. The van der Waals surface area contributed by atoms with E-state index in [2.05, 4.69) is 45.9 Å². The Hall–Kier alpha value is 0.300. The Kier molecular flexibility index (Phi) is 2.30. The molecule has 4 heteroatoms. The summed E-state index contributed by atoms with van der Waals surface area (Å²) in [5, 5.41) is 0. The van der Waals surface area contributed by atoms with Gasteiger partial charge in [0.1, 0.15) is 6.61 Å². The van der Waals surface area contributed by atoms with Gasteiger partial charge < -0.3 is 4.74 Å². The van der Waals surface area contributed by atoms with Crippen LogP contribution in [0.3, 0.4) is 0 Å². The van der Waals surface area contributed by atoms with Gasteiger partial charge in [0.2, 0.25) is 5.88 Å². The lowest BCUT2D eigenvalue weighted by Crippen LogP contribution is -2.31. The summed E-state index contributed by atoms with van der Waals surface area (Å²) in [7, 11) is 0. The lowest BCUT2D eigenvalue weighted by molar-refractivity contribution is 0.237. The van der Waals surface area contributed by atoms with Crippen molar-refractivity contribution in [3.63, 3.8) is 0 Å². The highest BCUT2D eigenvalue weighted by Crippen LogP contribution is 2.32. The van der Waals surface area contributed by atoms with Crippen LogP contribution in [0.2, 0.25) is 0 Å². The van der Waals surface area contributed by atoms with Crippen LogP contribution in [-0.2, 0) is 4.74 Å². The summed E-state index contributed by atoms with van der Waals surface area (Å²) in [5.41, 5.74) is 0.0552. The molecule has 0 aromatic rings. The summed E-state index contributed by atoms with van der Waals surface area (Å²) in [6.45, 7) is 4.92. The molecule has 2 nitrogen and oxygen atoms in total. The maximum absolute atomic E-state index is 5.32. The van der Waals surface area contributed by atoms with E-state index in [0.29, 0.717) is 0 Å². The number of halogens is 2. The normalized spacial score (nSPS) is 27.2. The minimum Gasteiger partial charge on any atom is -0.476 e. The van der Waals surface area contributed by atoms with E-state index in [1.165, 1.54) is 0 Å². The fraction of sp³-hybridized carbons (Fsp3) is 0.667. The molecular weight excluding hydrogens is 262 g/mol. The molecule has 1 aliphatic heterocycles. The van der Waals surface area contributed by atoms with Crippen LogP contribution in [0.4, 0.5) is 0 Å². The van der Waals surface area contributed by atoms with E-state index in [-0.39, 0.29) is 5.54 Å². The van der Waals surface area contributed by atoms with Gasteiger partial charge in [0, 0.05) is 4.99 Å². The van der Waals surface area contributed by atoms with Gasteiger partial charge in [0.05, 0.1) is 21.7 Å². The molecule has 0 saturated carbocycles. The third-order valence-electron chi connectivity index (χ3n) is 1.39. The highest BCUT2D eigenvalue weighted by molar-refractivity contribution is 9.11. The van der Waals surface area contributed by atoms with Crippen molar-refractivity contribution >= 4 is 32.1 Å². The van der Waals surface area contributed by atoms with Crippen molar-refractivity contribution in [2.45, 2.75) is 19.4 Å². The van der Waals surface area contributed by atoms with Gasteiger partial charge in [-0.2, -0.15) is 0 Å². The monoisotopic (exact) mass is 269 g/mol. The van der Waals surface area contributed by atoms with Gasteiger partial charge in [-0.3, -0.25) is 3.93 Å². The highest BCUT2D eigenvalue weighted by Gasteiger charge is 2.35. The SMILES string of the molecule is CC1(C)CO/C(=C\Br)N1Br. The van der Waals surface area contributed by atoms with E-state index in [1.54, 1.807) is 4.99 Å². The smallest absolute Gasteiger partial charge is 0.207 e. The molecule has 0 aliphatic carbocycles. The quantitative estimate of drug-likeness (QED) is 0.628. The first kappa shape index (κ1) is 8.40. The number of ether oxygens (including phenoxy) is 1. The first-order valence-corrected chi connectivity index (χ1v) is 4.59. The molecule has 0 amide bonds. The lowest BCUT2D eigenvalue weighted by Gasteiger charge is -2.22. The van der Waals surface area contributed by atoms with Crippen molar-refractivity contribution in [1.82, 2.24) is 3.93 Å². The molecule has 58 valence electrons. The number of rotatable bonds is 0. The van der Waals surface area contributed by atoms with Gasteiger partial charge in [-0.15, -0.1) is 0 Å². The van der Waals surface area contributed by atoms with Crippen LogP contribution >= 0.6 is 32.1 Å². The molecule has 0 bridgehead atoms. The first-order chi connectivity index (χ1) is 4.58. The predicted molar refractivity (Wildman–Crippen MR) is 47.8 cm³/mol. The largest absolute Gasteiger partial charge is 0.476 e. The van der Waals surface area contributed by atoms with E-state index in [4.69, 9.17) is 4.74 Å². The summed E-state index contributed by atoms with van der Waals surface area (Å²) in [6, 6.07) is 0. The molecule has 1 aliphatic rings. The van der Waals surface area contributed by atoms with Crippen molar-refractivity contribution in [3.8, 4) is 0 Å². The third-order valence-corrected chi connectivity index (χ3v) is 3.09. The molecule has 0 N–H and O–H groups in total. The summed E-state index contributed by atoms with van der Waals surface area (Å²) in [4.78, 5) is 1.76. The average molecular weight is 271 g/mol. The second-order valence-electron chi connectivity index (χ2n) is 2.83. The molecule has 1 fully saturated rings. The number of hydrogen-bond acceptors (Lipinski definition) is 2. The predicted octanol–water partition coefficient (Wildman–Crippen LogP) is 2.60. The van der Waals surface area contributed by atoms with Crippen LogP contribution in [0.5, 0.6) is 0 Å². The van der Waals surface area contributed by atoms with Gasteiger partial charge in [0.25, 0.3) is 0 Å². The Labute approximate surface area is 77.7 Å². The number of nitrogens with zero attached hydrogens (tertiary/aromatic N) is 1. The van der Waals surface area contributed by atoms with Crippen molar-refractivity contribution in [1.29, 1.82) is 0 Å². The summed E-state index contributed by atoms with van der Waals surface area (Å²) in [5.74, 6) is 0.824. The van der Waals surface area contributed by atoms with E-state index in [1.807, 2.05) is 3.93 Å². The lowest BCUT2D eigenvalue weighted by atomic mass is 10.1. The van der Waals surface area contributed by atoms with Crippen LogP contribution in [0.15, 0.2) is 10.9 Å². The molecule has 1 heterocycles. The topological polar surface area (TPSA) is 12.5 Å². The van der Waals surface area contributed by atoms with Crippen molar-refractivity contribution in [3.05, 3.63) is 10.9 Å². The van der Waals surface area contributed by atoms with Gasteiger partial charge in [-0.25, -0.2) is 0 Å². The zero-order valence-corrected chi connectivity index (χ0v) is 9.07. The van der Waals surface area contributed by atoms with Gasteiger partial charge in [0.15, 0.2) is 0 Å². The van der Waals surface area contributed by atoms with Crippen molar-refractivity contribution < 1.29 is 4.74 Å². The second kappa shape index (κ2) is 2.74. The minimum atomic E-state index is 0.0552. The van der Waals surface area contributed by atoms with E-state index in [0.717, 1.165) is 12.5 Å². The molecular formula is C6H9Br2NO. The Balaban J connectivity index is 2.77. The third kappa shape index (κ3) is 1.32. The van der Waals surface area contributed by atoms with Gasteiger partial charge >= 0.3 is 0 Å². The van der Waals surface area contributed by atoms with Gasteiger partial charge in [-0.05, 0) is 13.8 Å². The van der Waals surface area contributed by atoms with E-state index >= 15 is 0 Å². The summed E-state index contributed by atoms with van der Waals surface area (Å²) in [6.07, 6.45) is 0. The Morgan fingerprint density at radius 2 is 2.30 bits per heavy atom. The fourth-order valence-electron chi connectivity index (χ4n) is 0.737. The molecule has 1 saturated heterocycles. The summed E-state index contributed by atoms with van der Waals surface area (Å²) >= 11 is 6.61. The van der Waals surface area contributed by atoms with Crippen LogP contribution < -0.4 is 0 Å². The number of hydrogen-bond donors (Lipinski definition) is 0. The molecule has 0 unspecified atom stereocenters. The van der Waals surface area contributed by atoms with Crippen molar-refractivity contribution in [2.75, 3.05) is 6.61 Å². The Bertz CT molecular complexity index is 167. The maximum atomic E-state index is 5.32. The van der Waals surface area contributed by atoms with E-state index < -0.39 is 0 Å². The van der Waals surface area contributed by atoms with Crippen LogP contribution in [-0.4, -0.2) is 16.1 Å². The molecule has 1 rings (SSSR count). The minimum absolute atomic E-state index is 0.0552. The van der Waals surface area contributed by atoms with Crippen LogP contribution in [0.25, 0.3) is 0 Å². The molecule has 0 atom stereocenters. The fourth-order valence-corrected chi connectivity index (χ4v) is 1.66. The zero-order valence-electron chi connectivity index (χ0n) is 5.90. The average Bonchev–Trinajstić information content (AvgIpc) is 2.10. The summed E-state index contributed by atoms with van der Waals surface area (Å²) < 4.78 is 7.25. The van der Waals surface area contributed by atoms with Crippen molar-refractivity contribution in [2.24, 2.45) is 0 Å². The zero-order chi connectivity index (χ0) is 7.78. The molecule has 10 heavy (non-hydrogen) atoms. The first-order valence-electron chi connectivity index (χ1n) is 2.97. The highest BCUT2D eigenvalue weighted by atomic mass is 79.9. The maximum Gasteiger partial charge on any atom is 0.207 e. The molecule has 0 aromatic carbocycles. The van der Waals surface area contributed by atoms with Crippen LogP contribution in [0.1, 0.15) is 13.8 Å². The Morgan fingerprint density at radius 3 is 2.50 bits per heavy atom. The van der Waals surface area contributed by atoms with Gasteiger partial charge in [-0.1, -0.05) is 15.9 Å². The van der Waals surface area contributed by atoms with Crippen LogP contribution in [0, 0.1) is 0 Å². The van der Waals surface area contributed by atoms with E-state index in [9.17, 15) is 0 Å². The second-order valence-corrected chi connectivity index (χ2v) is 4.00. The molecule has 0 spiro atoms. The Morgan fingerprint density at radius 1 is 1.70 bits per heavy atom. The molecule has 0 radical (unpaired) electrons. The standard InChI is InChI=1S/C6H9Br2NO/c1-6(2)4-10-5(3-7)9(6)8/h3H,4H2,1-2H3/b5-3-.